The fourth-order valence-electron chi connectivity index (χ4n) is 1.13. The highest BCUT2D eigenvalue weighted by Crippen LogP contribution is 2.10. The topological polar surface area (TPSA) is 52.6 Å². The molecule has 0 aliphatic carbocycles. The van der Waals surface area contributed by atoms with Gasteiger partial charge >= 0.3 is 5.97 Å². The molecule has 4 nitrogen and oxygen atoms in total. The van der Waals surface area contributed by atoms with Gasteiger partial charge in [-0.15, -0.1) is 0 Å². The van der Waals surface area contributed by atoms with Crippen molar-refractivity contribution in [1.29, 1.82) is 0 Å². The van der Waals surface area contributed by atoms with Crippen LogP contribution in [0.3, 0.4) is 0 Å². The van der Waals surface area contributed by atoms with Crippen LogP contribution in [0.1, 0.15) is 27.7 Å². The average molecular weight is 216 g/mol. The molecule has 0 bridgehead atoms. The van der Waals surface area contributed by atoms with Crippen molar-refractivity contribution in [3.8, 4) is 0 Å². The minimum atomic E-state index is -0.778. The zero-order chi connectivity index (χ0) is 12.2. The van der Waals surface area contributed by atoms with Gasteiger partial charge in [-0.05, 0) is 33.9 Å². The number of nitrogens with zero attached hydrogens (tertiary/aromatic N) is 1. The van der Waals surface area contributed by atoms with E-state index in [0.29, 0.717) is 6.54 Å². The molecule has 15 heavy (non-hydrogen) atoms. The Morgan fingerprint density at radius 3 is 2.13 bits per heavy atom. The van der Waals surface area contributed by atoms with E-state index in [-0.39, 0.29) is 11.5 Å². The van der Waals surface area contributed by atoms with Crippen molar-refractivity contribution in [3.63, 3.8) is 0 Å². The molecule has 90 valence electrons. The molecule has 1 atom stereocenters. The lowest BCUT2D eigenvalue weighted by atomic mass is 10.0. The van der Waals surface area contributed by atoms with Gasteiger partial charge < -0.3 is 15.3 Å². The number of aliphatic carboxylic acids is 1. The number of carboxylic acids is 1. The Balaban J connectivity index is 4.28. The van der Waals surface area contributed by atoms with E-state index >= 15 is 0 Å². The molecule has 0 radical (unpaired) electrons. The molecule has 0 rings (SSSR count). The van der Waals surface area contributed by atoms with Crippen LogP contribution in [0.2, 0.25) is 0 Å². The Morgan fingerprint density at radius 1 is 1.40 bits per heavy atom. The fraction of sp³-hybridized carbons (Fsp3) is 0.909. The van der Waals surface area contributed by atoms with Gasteiger partial charge in [0.1, 0.15) is 6.04 Å². The van der Waals surface area contributed by atoms with Gasteiger partial charge in [0.25, 0.3) is 0 Å². The molecule has 4 heteroatoms. The van der Waals surface area contributed by atoms with E-state index in [1.165, 1.54) is 0 Å². The third kappa shape index (κ3) is 4.62. The first-order valence-electron chi connectivity index (χ1n) is 5.32. The Labute approximate surface area is 92.7 Å². The molecule has 0 spiro atoms. The maximum Gasteiger partial charge on any atom is 0.320 e. The van der Waals surface area contributed by atoms with Crippen molar-refractivity contribution >= 4 is 5.97 Å². The summed E-state index contributed by atoms with van der Waals surface area (Å²) in [6, 6.07) is -0.468. The quantitative estimate of drug-likeness (QED) is 0.696. The fourth-order valence-corrected chi connectivity index (χ4v) is 1.13. The van der Waals surface area contributed by atoms with Crippen molar-refractivity contribution in [1.82, 2.24) is 10.2 Å². The predicted molar refractivity (Wildman–Crippen MR) is 62.0 cm³/mol. The van der Waals surface area contributed by atoms with Crippen LogP contribution in [0.25, 0.3) is 0 Å². The molecule has 0 aromatic carbocycles. The van der Waals surface area contributed by atoms with Crippen LogP contribution in [0.15, 0.2) is 0 Å². The SMILES string of the molecule is CC(C)C(NCC(C)(C)N(C)C)C(=O)O. The Morgan fingerprint density at radius 2 is 1.87 bits per heavy atom. The molecule has 0 aliphatic heterocycles. The first kappa shape index (κ1) is 14.4. The monoisotopic (exact) mass is 216 g/mol. The summed E-state index contributed by atoms with van der Waals surface area (Å²) in [6.07, 6.45) is 0. The summed E-state index contributed by atoms with van der Waals surface area (Å²) in [5, 5.41) is 12.1. The van der Waals surface area contributed by atoms with Gasteiger partial charge in [0.05, 0.1) is 0 Å². The summed E-state index contributed by atoms with van der Waals surface area (Å²) >= 11 is 0. The summed E-state index contributed by atoms with van der Waals surface area (Å²) in [5.41, 5.74) is -0.0391. The first-order chi connectivity index (χ1) is 6.68. The lowest BCUT2D eigenvalue weighted by molar-refractivity contribution is -0.140. The lowest BCUT2D eigenvalue weighted by Crippen LogP contribution is -2.52. The molecule has 0 aromatic rings. The van der Waals surface area contributed by atoms with Crippen LogP contribution in [0.4, 0.5) is 0 Å². The Kier molecular flexibility index (Phi) is 5.24. The first-order valence-corrected chi connectivity index (χ1v) is 5.32. The van der Waals surface area contributed by atoms with Crippen molar-refractivity contribution in [2.45, 2.75) is 39.3 Å². The zero-order valence-electron chi connectivity index (χ0n) is 10.7. The van der Waals surface area contributed by atoms with Gasteiger partial charge in [0, 0.05) is 12.1 Å². The van der Waals surface area contributed by atoms with Gasteiger partial charge in [-0.2, -0.15) is 0 Å². The van der Waals surface area contributed by atoms with Crippen LogP contribution in [0, 0.1) is 5.92 Å². The van der Waals surface area contributed by atoms with Gasteiger partial charge in [0.2, 0.25) is 0 Å². The van der Waals surface area contributed by atoms with Crippen molar-refractivity contribution in [3.05, 3.63) is 0 Å². The third-order valence-corrected chi connectivity index (χ3v) is 2.90. The highest BCUT2D eigenvalue weighted by atomic mass is 16.4. The Hall–Kier alpha value is -0.610. The van der Waals surface area contributed by atoms with Crippen LogP contribution in [-0.4, -0.2) is 48.2 Å². The smallest absolute Gasteiger partial charge is 0.320 e. The van der Waals surface area contributed by atoms with E-state index in [0.717, 1.165) is 0 Å². The second-order valence-electron chi connectivity index (χ2n) is 5.15. The normalized spacial score (nSPS) is 14.7. The number of carbonyl (C=O) groups is 1. The van der Waals surface area contributed by atoms with Gasteiger partial charge in [-0.3, -0.25) is 4.79 Å². The van der Waals surface area contributed by atoms with Gasteiger partial charge in [-0.25, -0.2) is 0 Å². The number of likely N-dealkylation sites (N-methyl/N-ethyl adjacent to an activating group) is 1. The summed E-state index contributed by atoms with van der Waals surface area (Å²) in [5.74, 6) is -0.681. The molecule has 1 unspecified atom stereocenters. The molecule has 0 aliphatic rings. The van der Waals surface area contributed by atoms with Crippen molar-refractivity contribution in [2.75, 3.05) is 20.6 Å². The van der Waals surface area contributed by atoms with Gasteiger partial charge in [-0.1, -0.05) is 13.8 Å². The summed E-state index contributed by atoms with van der Waals surface area (Å²) in [6.45, 7) is 8.65. The largest absolute Gasteiger partial charge is 0.480 e. The van der Waals surface area contributed by atoms with E-state index in [1.807, 2.05) is 27.9 Å². The zero-order valence-corrected chi connectivity index (χ0v) is 10.7. The van der Waals surface area contributed by atoms with Crippen LogP contribution >= 0.6 is 0 Å². The second kappa shape index (κ2) is 5.47. The van der Waals surface area contributed by atoms with E-state index in [9.17, 15) is 4.79 Å². The molecular weight excluding hydrogens is 192 g/mol. The summed E-state index contributed by atoms with van der Waals surface area (Å²) in [7, 11) is 3.99. The molecular formula is C11H24N2O2. The molecule has 2 N–H and O–H groups in total. The van der Waals surface area contributed by atoms with Gasteiger partial charge in [0.15, 0.2) is 0 Å². The minimum Gasteiger partial charge on any atom is -0.480 e. The number of hydrogen-bond acceptors (Lipinski definition) is 3. The van der Waals surface area contributed by atoms with Crippen LogP contribution in [0.5, 0.6) is 0 Å². The van der Waals surface area contributed by atoms with Crippen LogP contribution in [-0.2, 0) is 4.79 Å². The van der Waals surface area contributed by atoms with Crippen LogP contribution < -0.4 is 5.32 Å². The standard InChI is InChI=1S/C11H24N2O2/c1-8(2)9(10(14)15)12-7-11(3,4)13(5)6/h8-9,12H,7H2,1-6H3,(H,14,15). The predicted octanol–water partition coefficient (Wildman–Crippen LogP) is 1.03. The number of carboxylic acid groups (broad SMARTS) is 1. The molecule has 0 aromatic heterocycles. The molecule has 0 fully saturated rings. The summed E-state index contributed by atoms with van der Waals surface area (Å²) in [4.78, 5) is 13.0. The third-order valence-electron chi connectivity index (χ3n) is 2.90. The highest BCUT2D eigenvalue weighted by molar-refractivity contribution is 5.73. The van der Waals surface area contributed by atoms with Crippen molar-refractivity contribution in [2.24, 2.45) is 5.92 Å². The number of rotatable bonds is 6. The average Bonchev–Trinajstić information content (AvgIpc) is 2.02. The molecule has 0 saturated heterocycles. The molecule has 0 heterocycles. The maximum atomic E-state index is 11.0. The van der Waals surface area contributed by atoms with Crippen molar-refractivity contribution < 1.29 is 9.90 Å². The van der Waals surface area contributed by atoms with E-state index in [4.69, 9.17) is 5.11 Å². The molecule has 0 amide bonds. The molecule has 0 saturated carbocycles. The maximum absolute atomic E-state index is 11.0. The number of hydrogen-bond donors (Lipinski definition) is 2. The van der Waals surface area contributed by atoms with E-state index in [1.54, 1.807) is 0 Å². The lowest BCUT2D eigenvalue weighted by Gasteiger charge is -2.34. The Bertz CT molecular complexity index is 213. The highest BCUT2D eigenvalue weighted by Gasteiger charge is 2.26. The second-order valence-corrected chi connectivity index (χ2v) is 5.15. The summed E-state index contributed by atoms with van der Waals surface area (Å²) < 4.78 is 0. The van der Waals surface area contributed by atoms with E-state index < -0.39 is 12.0 Å². The van der Waals surface area contributed by atoms with E-state index in [2.05, 4.69) is 24.1 Å². The number of nitrogens with one attached hydrogen (secondary N) is 1. The minimum absolute atomic E-state index is 0.0391.